The first-order valence-electron chi connectivity index (χ1n) is 5.14. The SMILES string of the molecule is COc1ccc(Cl)cc1CNC(=O)C(C)C. The number of carbonyl (C=O) groups excluding carboxylic acids is 1. The topological polar surface area (TPSA) is 38.3 Å². The molecule has 0 aromatic heterocycles. The summed E-state index contributed by atoms with van der Waals surface area (Å²) in [4.78, 5) is 11.4. The first-order valence-corrected chi connectivity index (χ1v) is 5.52. The second-order valence-electron chi connectivity index (χ2n) is 3.83. The first-order chi connectivity index (χ1) is 7.54. The lowest BCUT2D eigenvalue weighted by Gasteiger charge is -2.11. The monoisotopic (exact) mass is 241 g/mol. The summed E-state index contributed by atoms with van der Waals surface area (Å²) >= 11 is 5.88. The lowest BCUT2D eigenvalue weighted by atomic mass is 10.1. The van der Waals surface area contributed by atoms with E-state index in [0.29, 0.717) is 11.6 Å². The maximum absolute atomic E-state index is 11.4. The molecule has 1 aromatic carbocycles. The largest absolute Gasteiger partial charge is 0.496 e. The van der Waals surface area contributed by atoms with Gasteiger partial charge in [-0.25, -0.2) is 0 Å². The van der Waals surface area contributed by atoms with Gasteiger partial charge in [0.25, 0.3) is 0 Å². The van der Waals surface area contributed by atoms with E-state index in [1.54, 1.807) is 25.3 Å². The molecule has 0 heterocycles. The Balaban J connectivity index is 2.72. The molecule has 4 heteroatoms. The quantitative estimate of drug-likeness (QED) is 0.880. The van der Waals surface area contributed by atoms with Gasteiger partial charge in [-0.3, -0.25) is 4.79 Å². The van der Waals surface area contributed by atoms with Crippen molar-refractivity contribution in [3.63, 3.8) is 0 Å². The van der Waals surface area contributed by atoms with Crippen LogP contribution >= 0.6 is 11.6 Å². The highest BCUT2D eigenvalue weighted by atomic mass is 35.5. The number of hydrogen-bond donors (Lipinski definition) is 1. The van der Waals surface area contributed by atoms with Crippen LogP contribution in [-0.2, 0) is 11.3 Å². The molecule has 0 spiro atoms. The molecule has 0 saturated carbocycles. The minimum atomic E-state index is -0.0230. The second-order valence-corrected chi connectivity index (χ2v) is 4.27. The summed E-state index contributed by atoms with van der Waals surface area (Å²) in [7, 11) is 1.59. The van der Waals surface area contributed by atoms with Crippen LogP contribution in [0.1, 0.15) is 19.4 Å². The fraction of sp³-hybridized carbons (Fsp3) is 0.417. The number of carbonyl (C=O) groups is 1. The van der Waals surface area contributed by atoms with Crippen molar-refractivity contribution in [1.29, 1.82) is 0 Å². The number of rotatable bonds is 4. The van der Waals surface area contributed by atoms with Gasteiger partial charge in [0.05, 0.1) is 7.11 Å². The Labute approximate surface area is 101 Å². The molecule has 1 amide bonds. The van der Waals surface area contributed by atoms with Crippen molar-refractivity contribution >= 4 is 17.5 Å². The molecule has 1 N–H and O–H groups in total. The van der Waals surface area contributed by atoms with Crippen LogP contribution < -0.4 is 10.1 Å². The highest BCUT2D eigenvalue weighted by Crippen LogP contribution is 2.22. The fourth-order valence-corrected chi connectivity index (χ4v) is 1.47. The molecule has 88 valence electrons. The number of ether oxygens (including phenoxy) is 1. The standard InChI is InChI=1S/C12H16ClNO2/c1-8(2)12(15)14-7-9-6-10(13)4-5-11(9)16-3/h4-6,8H,7H2,1-3H3,(H,14,15). The molecule has 0 aliphatic carbocycles. The van der Waals surface area contributed by atoms with E-state index >= 15 is 0 Å². The van der Waals surface area contributed by atoms with Gasteiger partial charge in [-0.1, -0.05) is 25.4 Å². The van der Waals surface area contributed by atoms with E-state index in [2.05, 4.69) is 5.32 Å². The third-order valence-electron chi connectivity index (χ3n) is 2.22. The van der Waals surface area contributed by atoms with E-state index in [1.807, 2.05) is 13.8 Å². The lowest BCUT2D eigenvalue weighted by molar-refractivity contribution is -0.124. The van der Waals surface area contributed by atoms with E-state index in [0.717, 1.165) is 11.3 Å². The van der Waals surface area contributed by atoms with Crippen LogP contribution in [-0.4, -0.2) is 13.0 Å². The number of halogens is 1. The van der Waals surface area contributed by atoms with E-state index < -0.39 is 0 Å². The Morgan fingerprint density at radius 3 is 2.75 bits per heavy atom. The first kappa shape index (κ1) is 12.8. The minimum absolute atomic E-state index is 0.0158. The van der Waals surface area contributed by atoms with Crippen LogP contribution in [0, 0.1) is 5.92 Å². The van der Waals surface area contributed by atoms with E-state index in [9.17, 15) is 4.79 Å². The molecule has 3 nitrogen and oxygen atoms in total. The predicted octanol–water partition coefficient (Wildman–Crippen LogP) is 2.62. The minimum Gasteiger partial charge on any atom is -0.496 e. The molecule has 0 atom stereocenters. The molecule has 0 fully saturated rings. The van der Waals surface area contributed by atoms with Gasteiger partial charge in [0.1, 0.15) is 5.75 Å². The summed E-state index contributed by atoms with van der Waals surface area (Å²) in [5, 5.41) is 3.46. The highest BCUT2D eigenvalue weighted by Gasteiger charge is 2.08. The van der Waals surface area contributed by atoms with E-state index in [-0.39, 0.29) is 11.8 Å². The zero-order chi connectivity index (χ0) is 12.1. The number of amides is 1. The zero-order valence-corrected chi connectivity index (χ0v) is 10.5. The van der Waals surface area contributed by atoms with Gasteiger partial charge >= 0.3 is 0 Å². The van der Waals surface area contributed by atoms with Crippen LogP contribution in [0.25, 0.3) is 0 Å². The summed E-state index contributed by atoms with van der Waals surface area (Å²) in [6.07, 6.45) is 0. The summed E-state index contributed by atoms with van der Waals surface area (Å²) in [5.74, 6) is 0.723. The second kappa shape index (κ2) is 5.75. The number of benzene rings is 1. The normalized spacial score (nSPS) is 10.3. The van der Waals surface area contributed by atoms with Crippen molar-refractivity contribution < 1.29 is 9.53 Å². The van der Waals surface area contributed by atoms with Crippen molar-refractivity contribution in [2.75, 3.05) is 7.11 Å². The highest BCUT2D eigenvalue weighted by molar-refractivity contribution is 6.30. The fourth-order valence-electron chi connectivity index (χ4n) is 1.27. The Kier molecular flexibility index (Phi) is 4.62. The van der Waals surface area contributed by atoms with Gasteiger partial charge in [0.15, 0.2) is 0 Å². The van der Waals surface area contributed by atoms with Gasteiger partial charge in [0.2, 0.25) is 5.91 Å². The predicted molar refractivity (Wildman–Crippen MR) is 64.7 cm³/mol. The number of hydrogen-bond acceptors (Lipinski definition) is 2. The smallest absolute Gasteiger partial charge is 0.222 e. The van der Waals surface area contributed by atoms with Crippen molar-refractivity contribution in [2.45, 2.75) is 20.4 Å². The zero-order valence-electron chi connectivity index (χ0n) is 9.71. The average molecular weight is 242 g/mol. The van der Waals surface area contributed by atoms with E-state index in [1.165, 1.54) is 0 Å². The van der Waals surface area contributed by atoms with Crippen molar-refractivity contribution in [3.8, 4) is 5.75 Å². The van der Waals surface area contributed by atoms with Gasteiger partial charge in [0, 0.05) is 23.0 Å². The van der Waals surface area contributed by atoms with Gasteiger partial charge < -0.3 is 10.1 Å². The van der Waals surface area contributed by atoms with Gasteiger partial charge in [-0.15, -0.1) is 0 Å². The number of nitrogens with one attached hydrogen (secondary N) is 1. The molecule has 0 bridgehead atoms. The van der Waals surface area contributed by atoms with Crippen molar-refractivity contribution in [2.24, 2.45) is 5.92 Å². The molecular formula is C12H16ClNO2. The van der Waals surface area contributed by atoms with Crippen molar-refractivity contribution in [1.82, 2.24) is 5.32 Å². The third kappa shape index (κ3) is 3.42. The maximum atomic E-state index is 11.4. The summed E-state index contributed by atoms with van der Waals surface area (Å²) in [6.45, 7) is 4.13. The summed E-state index contributed by atoms with van der Waals surface area (Å²) in [6, 6.07) is 5.34. The Hall–Kier alpha value is -1.22. The number of methoxy groups -OCH3 is 1. The third-order valence-corrected chi connectivity index (χ3v) is 2.45. The van der Waals surface area contributed by atoms with Crippen molar-refractivity contribution in [3.05, 3.63) is 28.8 Å². The molecule has 0 aliphatic rings. The van der Waals surface area contributed by atoms with Crippen LogP contribution in [0.2, 0.25) is 5.02 Å². The van der Waals surface area contributed by atoms with Crippen LogP contribution in [0.15, 0.2) is 18.2 Å². The van der Waals surface area contributed by atoms with Gasteiger partial charge in [-0.05, 0) is 18.2 Å². The molecule has 0 aliphatic heterocycles. The molecule has 16 heavy (non-hydrogen) atoms. The lowest BCUT2D eigenvalue weighted by Crippen LogP contribution is -2.27. The molecular weight excluding hydrogens is 226 g/mol. The Bertz CT molecular complexity index is 377. The van der Waals surface area contributed by atoms with Crippen LogP contribution in [0.5, 0.6) is 5.75 Å². The van der Waals surface area contributed by atoms with Crippen LogP contribution in [0.3, 0.4) is 0 Å². The molecule has 0 saturated heterocycles. The van der Waals surface area contributed by atoms with E-state index in [4.69, 9.17) is 16.3 Å². The Morgan fingerprint density at radius 2 is 2.19 bits per heavy atom. The molecule has 1 aromatic rings. The Morgan fingerprint density at radius 1 is 1.50 bits per heavy atom. The molecule has 0 unspecified atom stereocenters. The molecule has 0 radical (unpaired) electrons. The van der Waals surface area contributed by atoms with Gasteiger partial charge in [-0.2, -0.15) is 0 Å². The molecule has 1 rings (SSSR count). The van der Waals surface area contributed by atoms with Crippen LogP contribution in [0.4, 0.5) is 0 Å². The summed E-state index contributed by atoms with van der Waals surface area (Å²) < 4.78 is 5.18. The average Bonchev–Trinajstić information content (AvgIpc) is 2.25. The summed E-state index contributed by atoms with van der Waals surface area (Å²) in [5.41, 5.74) is 0.879. The maximum Gasteiger partial charge on any atom is 0.222 e.